The van der Waals surface area contributed by atoms with Crippen LogP contribution >= 0.6 is 0 Å². The standard InChI is InChI=1S/C20H28F2N4O5/c1-20(2,3)11-25(4)16(17(23)28)18(29)24-13-6-5-12(9-14(13)31-19(21)22)26-7-8-30-10-15(26)27/h5-6,9,16,19H,7-8,10-11H2,1-4H3,(H2,23,28)(H,24,29)/t16-/m1/s1. The number of morpholine rings is 1. The van der Waals surface area contributed by atoms with Crippen molar-refractivity contribution in [2.75, 3.05) is 43.6 Å². The third-order valence-corrected chi connectivity index (χ3v) is 4.42. The number of amides is 3. The van der Waals surface area contributed by atoms with Crippen LogP contribution in [-0.2, 0) is 19.1 Å². The van der Waals surface area contributed by atoms with E-state index in [4.69, 9.17) is 10.5 Å². The van der Waals surface area contributed by atoms with E-state index in [9.17, 15) is 23.2 Å². The molecule has 1 aromatic carbocycles. The molecule has 9 nitrogen and oxygen atoms in total. The number of rotatable bonds is 8. The van der Waals surface area contributed by atoms with Gasteiger partial charge in [0.15, 0.2) is 11.8 Å². The van der Waals surface area contributed by atoms with E-state index in [2.05, 4.69) is 10.1 Å². The maximum Gasteiger partial charge on any atom is 0.387 e. The van der Waals surface area contributed by atoms with Crippen molar-refractivity contribution in [3.05, 3.63) is 18.2 Å². The van der Waals surface area contributed by atoms with Crippen LogP contribution in [0.5, 0.6) is 5.75 Å². The van der Waals surface area contributed by atoms with Gasteiger partial charge in [-0.15, -0.1) is 0 Å². The Labute approximate surface area is 179 Å². The minimum absolute atomic E-state index is 0.0785. The zero-order valence-corrected chi connectivity index (χ0v) is 18.0. The number of ether oxygens (including phenoxy) is 2. The minimum atomic E-state index is -3.17. The highest BCUT2D eigenvalue weighted by molar-refractivity contribution is 6.10. The third kappa shape index (κ3) is 6.86. The highest BCUT2D eigenvalue weighted by Gasteiger charge is 2.32. The van der Waals surface area contributed by atoms with Gasteiger partial charge in [0.2, 0.25) is 5.91 Å². The van der Waals surface area contributed by atoms with Crippen LogP contribution in [-0.4, -0.2) is 68.6 Å². The maximum absolute atomic E-state index is 13.0. The second kappa shape index (κ2) is 10.0. The van der Waals surface area contributed by atoms with E-state index in [1.165, 1.54) is 28.0 Å². The number of nitrogens with two attached hydrogens (primary N) is 1. The van der Waals surface area contributed by atoms with E-state index < -0.39 is 24.5 Å². The lowest BCUT2D eigenvalue weighted by atomic mass is 9.95. The summed E-state index contributed by atoms with van der Waals surface area (Å²) in [6, 6.07) is 2.72. The molecule has 31 heavy (non-hydrogen) atoms. The third-order valence-electron chi connectivity index (χ3n) is 4.42. The molecule has 1 atom stereocenters. The van der Waals surface area contributed by atoms with E-state index in [-0.39, 0.29) is 35.9 Å². The first kappa shape index (κ1) is 24.5. The van der Waals surface area contributed by atoms with E-state index in [1.807, 2.05) is 20.8 Å². The molecule has 0 aromatic heterocycles. The lowest BCUT2D eigenvalue weighted by Gasteiger charge is -2.31. The topological polar surface area (TPSA) is 114 Å². The quantitative estimate of drug-likeness (QED) is 0.589. The molecule has 0 radical (unpaired) electrons. The number of likely N-dealkylation sites (N-methyl/N-ethyl adjacent to an activating group) is 1. The lowest BCUT2D eigenvalue weighted by Crippen LogP contribution is -2.52. The number of alkyl halides is 2. The Bertz CT molecular complexity index is 828. The van der Waals surface area contributed by atoms with Crippen molar-refractivity contribution in [2.45, 2.75) is 33.4 Å². The summed E-state index contributed by atoms with van der Waals surface area (Å²) in [5, 5.41) is 2.44. The summed E-state index contributed by atoms with van der Waals surface area (Å²) in [5.41, 5.74) is 5.43. The molecule has 1 heterocycles. The molecule has 0 spiro atoms. The highest BCUT2D eigenvalue weighted by Crippen LogP contribution is 2.32. The lowest BCUT2D eigenvalue weighted by molar-refractivity contribution is -0.132. The summed E-state index contributed by atoms with van der Waals surface area (Å²) < 4.78 is 35.6. The molecule has 2 rings (SSSR count). The van der Waals surface area contributed by atoms with Crippen LogP contribution in [0.3, 0.4) is 0 Å². The zero-order valence-electron chi connectivity index (χ0n) is 18.0. The minimum Gasteiger partial charge on any atom is -0.433 e. The molecule has 3 amide bonds. The van der Waals surface area contributed by atoms with E-state index in [1.54, 1.807) is 7.05 Å². The number of carbonyl (C=O) groups is 3. The highest BCUT2D eigenvalue weighted by atomic mass is 19.3. The molecule has 3 N–H and O–H groups in total. The number of halogens is 2. The number of nitrogens with zero attached hydrogens (tertiary/aromatic N) is 2. The summed E-state index contributed by atoms with van der Waals surface area (Å²) in [6.07, 6.45) is 0. The average Bonchev–Trinajstić information content (AvgIpc) is 2.61. The van der Waals surface area contributed by atoms with Crippen LogP contribution in [0.4, 0.5) is 20.2 Å². The smallest absolute Gasteiger partial charge is 0.387 e. The molecular weight excluding hydrogens is 414 g/mol. The van der Waals surface area contributed by atoms with Gasteiger partial charge in [-0.05, 0) is 24.6 Å². The summed E-state index contributed by atoms with van der Waals surface area (Å²) >= 11 is 0. The van der Waals surface area contributed by atoms with Crippen molar-refractivity contribution in [3.63, 3.8) is 0 Å². The van der Waals surface area contributed by atoms with Crippen molar-refractivity contribution >= 4 is 29.1 Å². The first-order valence-electron chi connectivity index (χ1n) is 9.66. The maximum atomic E-state index is 13.0. The molecule has 0 saturated carbocycles. The fourth-order valence-electron chi connectivity index (χ4n) is 3.35. The Morgan fingerprint density at radius 1 is 1.35 bits per heavy atom. The van der Waals surface area contributed by atoms with Gasteiger partial charge in [-0.1, -0.05) is 20.8 Å². The number of benzene rings is 1. The Morgan fingerprint density at radius 2 is 2.03 bits per heavy atom. The van der Waals surface area contributed by atoms with E-state index >= 15 is 0 Å². The molecule has 1 fully saturated rings. The van der Waals surface area contributed by atoms with Crippen LogP contribution in [0, 0.1) is 5.41 Å². The van der Waals surface area contributed by atoms with Gasteiger partial charge < -0.3 is 25.4 Å². The van der Waals surface area contributed by atoms with Crippen molar-refractivity contribution in [3.8, 4) is 5.75 Å². The monoisotopic (exact) mass is 442 g/mol. The molecule has 172 valence electrons. The van der Waals surface area contributed by atoms with Gasteiger partial charge in [-0.25, -0.2) is 0 Å². The molecule has 11 heteroatoms. The average molecular weight is 442 g/mol. The Kier molecular flexibility index (Phi) is 7.91. The van der Waals surface area contributed by atoms with Crippen LogP contribution < -0.4 is 20.7 Å². The van der Waals surface area contributed by atoms with E-state index in [0.717, 1.165) is 0 Å². The zero-order chi connectivity index (χ0) is 23.3. The van der Waals surface area contributed by atoms with Crippen molar-refractivity contribution in [1.29, 1.82) is 0 Å². The summed E-state index contributed by atoms with van der Waals surface area (Å²) in [4.78, 5) is 39.6. The number of hydrogen-bond donors (Lipinski definition) is 2. The van der Waals surface area contributed by atoms with Crippen molar-refractivity contribution < 1.29 is 32.6 Å². The predicted octanol–water partition coefficient (Wildman–Crippen LogP) is 1.42. The fourth-order valence-corrected chi connectivity index (χ4v) is 3.35. The van der Waals surface area contributed by atoms with Gasteiger partial charge in [-0.2, -0.15) is 8.78 Å². The van der Waals surface area contributed by atoms with Gasteiger partial charge in [-0.3, -0.25) is 19.3 Å². The van der Waals surface area contributed by atoms with Gasteiger partial charge in [0, 0.05) is 24.8 Å². The molecule has 0 aliphatic carbocycles. The first-order valence-corrected chi connectivity index (χ1v) is 9.66. The molecule has 1 aromatic rings. The number of carbonyl (C=O) groups excluding carboxylic acids is 3. The summed E-state index contributed by atoms with van der Waals surface area (Å²) in [7, 11) is 1.57. The Hall–Kier alpha value is -2.79. The molecule has 1 saturated heterocycles. The number of nitrogens with one attached hydrogen (secondary N) is 1. The van der Waals surface area contributed by atoms with Crippen LogP contribution in [0.15, 0.2) is 18.2 Å². The SMILES string of the molecule is CN(CC(C)(C)C)[C@H](C(N)=O)C(=O)Nc1ccc(N2CCOCC2=O)cc1OC(F)F. The molecule has 1 aliphatic rings. The number of hydrogen-bond acceptors (Lipinski definition) is 6. The van der Waals surface area contributed by atoms with Crippen LogP contribution in [0.2, 0.25) is 0 Å². The first-order chi connectivity index (χ1) is 14.4. The summed E-state index contributed by atoms with van der Waals surface area (Å²) in [6.45, 7) is 3.44. The van der Waals surface area contributed by atoms with Crippen LogP contribution in [0.1, 0.15) is 20.8 Å². The summed E-state index contributed by atoms with van der Waals surface area (Å²) in [5.74, 6) is -2.34. The molecule has 1 aliphatic heterocycles. The van der Waals surface area contributed by atoms with Gasteiger partial charge >= 0.3 is 6.61 Å². The van der Waals surface area contributed by atoms with Gasteiger partial charge in [0.1, 0.15) is 6.61 Å². The normalized spacial score (nSPS) is 15.9. The molecule has 0 bridgehead atoms. The molecule has 0 unspecified atom stereocenters. The Balaban J connectivity index is 2.29. The van der Waals surface area contributed by atoms with Gasteiger partial charge in [0.05, 0.1) is 12.3 Å². The number of primary amides is 1. The van der Waals surface area contributed by atoms with Crippen LogP contribution in [0.25, 0.3) is 0 Å². The Morgan fingerprint density at radius 3 is 2.58 bits per heavy atom. The second-order valence-electron chi connectivity index (χ2n) is 8.43. The predicted molar refractivity (Wildman–Crippen MR) is 110 cm³/mol. The van der Waals surface area contributed by atoms with Crippen molar-refractivity contribution in [1.82, 2.24) is 4.90 Å². The van der Waals surface area contributed by atoms with Crippen molar-refractivity contribution in [2.24, 2.45) is 11.1 Å². The van der Waals surface area contributed by atoms with E-state index in [0.29, 0.717) is 18.8 Å². The van der Waals surface area contributed by atoms with Gasteiger partial charge in [0.25, 0.3) is 11.8 Å². The number of anilines is 2. The molecular formula is C20H28F2N4O5. The second-order valence-corrected chi connectivity index (χ2v) is 8.43. The largest absolute Gasteiger partial charge is 0.433 e. The fraction of sp³-hybridized carbons (Fsp3) is 0.550.